The molecule has 6 aromatic rings. The Morgan fingerprint density at radius 3 is 2.57 bits per heavy atom. The van der Waals surface area contributed by atoms with Gasteiger partial charge in [-0.25, -0.2) is 0 Å². The van der Waals surface area contributed by atoms with Crippen molar-refractivity contribution in [3.8, 4) is 33.8 Å². The molecule has 0 spiro atoms. The third kappa shape index (κ3) is 2.66. The topological polar surface area (TPSA) is 83.1 Å². The van der Waals surface area contributed by atoms with Crippen molar-refractivity contribution in [1.82, 2.24) is 30.1 Å². The second kappa shape index (κ2) is 6.63. The molecule has 0 atom stereocenters. The van der Waals surface area contributed by atoms with E-state index in [1.807, 2.05) is 55.0 Å². The normalized spacial score (nSPS) is 11.3. The average molecular weight is 388 g/mol. The molecule has 0 radical (unpaired) electrons. The molecule has 0 aliphatic carbocycles. The fourth-order valence-electron chi connectivity index (χ4n) is 3.84. The zero-order valence-electron chi connectivity index (χ0n) is 15.9. The molecule has 5 aromatic heterocycles. The Kier molecular flexibility index (Phi) is 3.67. The van der Waals surface area contributed by atoms with Gasteiger partial charge in [-0.05, 0) is 36.4 Å². The fraction of sp³-hybridized carbons (Fsp3) is 0. The van der Waals surface area contributed by atoms with Crippen LogP contribution < -0.4 is 0 Å². The van der Waals surface area contributed by atoms with Gasteiger partial charge in [-0.2, -0.15) is 5.10 Å². The summed E-state index contributed by atoms with van der Waals surface area (Å²) >= 11 is 0. The molecule has 6 heteroatoms. The molecule has 6 rings (SSSR count). The lowest BCUT2D eigenvalue weighted by molar-refractivity contribution is 1.12. The fourth-order valence-corrected chi connectivity index (χ4v) is 3.84. The maximum absolute atomic E-state index is 4.59. The van der Waals surface area contributed by atoms with Gasteiger partial charge in [-0.3, -0.25) is 20.1 Å². The van der Waals surface area contributed by atoms with Crippen LogP contribution in [0.1, 0.15) is 0 Å². The minimum atomic E-state index is 0.871. The third-order valence-corrected chi connectivity index (χ3v) is 5.30. The summed E-state index contributed by atoms with van der Waals surface area (Å²) in [6.07, 6.45) is 9.15. The van der Waals surface area contributed by atoms with Gasteiger partial charge in [-0.15, -0.1) is 0 Å². The van der Waals surface area contributed by atoms with Gasteiger partial charge in [0, 0.05) is 52.3 Å². The Bertz CT molecular complexity index is 1480. The molecule has 0 fully saturated rings. The monoisotopic (exact) mass is 388 g/mol. The zero-order chi connectivity index (χ0) is 19.9. The lowest BCUT2D eigenvalue weighted by Crippen LogP contribution is -1.83. The second-order valence-electron chi connectivity index (χ2n) is 7.12. The summed E-state index contributed by atoms with van der Waals surface area (Å²) in [5.41, 5.74) is 7.81. The summed E-state index contributed by atoms with van der Waals surface area (Å²) in [7, 11) is 0. The SMILES string of the molecule is c1ccc(-c2ccc3[nH]nc(-c4cc5c(-c6cccnc6)cncc5[nH]4)c3c2)nc1. The molecule has 2 N–H and O–H groups in total. The number of aromatic amines is 2. The molecule has 142 valence electrons. The predicted molar refractivity (Wildman–Crippen MR) is 118 cm³/mol. The van der Waals surface area contributed by atoms with Crippen molar-refractivity contribution in [3.05, 3.63) is 85.6 Å². The van der Waals surface area contributed by atoms with Gasteiger partial charge in [0.25, 0.3) is 0 Å². The van der Waals surface area contributed by atoms with E-state index in [0.717, 1.165) is 55.6 Å². The van der Waals surface area contributed by atoms with Crippen LogP contribution in [0.25, 0.3) is 55.6 Å². The minimum Gasteiger partial charge on any atom is -0.352 e. The molecule has 1 aromatic carbocycles. The number of nitrogens with zero attached hydrogens (tertiary/aromatic N) is 4. The molecule has 0 saturated carbocycles. The maximum Gasteiger partial charge on any atom is 0.116 e. The smallest absolute Gasteiger partial charge is 0.116 e. The first-order valence-corrected chi connectivity index (χ1v) is 9.64. The highest BCUT2D eigenvalue weighted by molar-refractivity contribution is 6.01. The van der Waals surface area contributed by atoms with Gasteiger partial charge in [0.15, 0.2) is 0 Å². The highest BCUT2D eigenvalue weighted by Gasteiger charge is 2.14. The maximum atomic E-state index is 4.59. The van der Waals surface area contributed by atoms with Crippen LogP contribution in [-0.2, 0) is 0 Å². The molecule has 5 heterocycles. The third-order valence-electron chi connectivity index (χ3n) is 5.30. The number of nitrogens with one attached hydrogen (secondary N) is 2. The number of rotatable bonds is 3. The number of hydrogen-bond donors (Lipinski definition) is 2. The van der Waals surface area contributed by atoms with Crippen LogP contribution in [-0.4, -0.2) is 30.1 Å². The molecular formula is C24H16N6. The van der Waals surface area contributed by atoms with E-state index < -0.39 is 0 Å². The van der Waals surface area contributed by atoms with Gasteiger partial charge in [-0.1, -0.05) is 18.2 Å². The van der Waals surface area contributed by atoms with E-state index in [2.05, 4.69) is 48.3 Å². The van der Waals surface area contributed by atoms with Crippen LogP contribution in [0.5, 0.6) is 0 Å². The summed E-state index contributed by atoms with van der Waals surface area (Å²) in [4.78, 5) is 16.6. The first kappa shape index (κ1) is 16.6. The zero-order valence-corrected chi connectivity index (χ0v) is 15.9. The molecule has 0 aliphatic heterocycles. The van der Waals surface area contributed by atoms with Gasteiger partial charge in [0.05, 0.1) is 28.6 Å². The van der Waals surface area contributed by atoms with E-state index in [4.69, 9.17) is 0 Å². The largest absolute Gasteiger partial charge is 0.352 e. The number of benzene rings is 1. The molecule has 0 saturated heterocycles. The van der Waals surface area contributed by atoms with Crippen molar-refractivity contribution in [2.24, 2.45) is 0 Å². The van der Waals surface area contributed by atoms with Crippen LogP contribution in [0.15, 0.2) is 85.6 Å². The Morgan fingerprint density at radius 2 is 1.70 bits per heavy atom. The lowest BCUT2D eigenvalue weighted by Gasteiger charge is -2.01. The number of H-pyrrole nitrogens is 2. The highest BCUT2D eigenvalue weighted by Crippen LogP contribution is 2.34. The second-order valence-corrected chi connectivity index (χ2v) is 7.12. The summed E-state index contributed by atoms with van der Waals surface area (Å²) in [5.74, 6) is 0. The number of hydrogen-bond acceptors (Lipinski definition) is 4. The molecule has 0 aliphatic rings. The Balaban J connectivity index is 1.52. The van der Waals surface area contributed by atoms with Crippen LogP contribution in [0, 0.1) is 0 Å². The molecule has 6 nitrogen and oxygen atoms in total. The van der Waals surface area contributed by atoms with Crippen molar-refractivity contribution < 1.29 is 0 Å². The number of fused-ring (bicyclic) bond motifs is 2. The quantitative estimate of drug-likeness (QED) is 0.435. The number of aromatic nitrogens is 6. The van der Waals surface area contributed by atoms with Crippen LogP contribution >= 0.6 is 0 Å². The molecule has 0 unspecified atom stereocenters. The van der Waals surface area contributed by atoms with Gasteiger partial charge in [0.2, 0.25) is 0 Å². The molecular weight excluding hydrogens is 372 g/mol. The van der Waals surface area contributed by atoms with E-state index in [1.165, 1.54) is 0 Å². The van der Waals surface area contributed by atoms with E-state index in [1.54, 1.807) is 12.4 Å². The average Bonchev–Trinajstić information content (AvgIpc) is 3.43. The standard InChI is InChI=1S/C24H16N6/c1-2-9-27-20(5-1)15-6-7-21-18(10-15)24(30-29-21)22-11-17-19(13-26-14-23(17)28-22)16-4-3-8-25-12-16/h1-14,28H,(H,29,30). The van der Waals surface area contributed by atoms with E-state index in [9.17, 15) is 0 Å². The first-order valence-electron chi connectivity index (χ1n) is 9.64. The lowest BCUT2D eigenvalue weighted by atomic mass is 10.0. The Morgan fingerprint density at radius 1 is 0.700 bits per heavy atom. The molecule has 30 heavy (non-hydrogen) atoms. The minimum absolute atomic E-state index is 0.871. The number of pyridine rings is 3. The predicted octanol–water partition coefficient (Wildman–Crippen LogP) is 5.23. The van der Waals surface area contributed by atoms with Crippen molar-refractivity contribution in [3.63, 3.8) is 0 Å². The Labute approximate surface area is 171 Å². The van der Waals surface area contributed by atoms with E-state index in [-0.39, 0.29) is 0 Å². The van der Waals surface area contributed by atoms with Crippen molar-refractivity contribution >= 4 is 21.8 Å². The highest BCUT2D eigenvalue weighted by atomic mass is 15.1. The summed E-state index contributed by atoms with van der Waals surface area (Å²) < 4.78 is 0. The Hall–Kier alpha value is -4.32. The van der Waals surface area contributed by atoms with Crippen molar-refractivity contribution in [2.75, 3.05) is 0 Å². The van der Waals surface area contributed by atoms with Crippen LogP contribution in [0.4, 0.5) is 0 Å². The first-order chi connectivity index (χ1) is 14.9. The van der Waals surface area contributed by atoms with Gasteiger partial charge < -0.3 is 4.98 Å². The van der Waals surface area contributed by atoms with Gasteiger partial charge >= 0.3 is 0 Å². The van der Waals surface area contributed by atoms with E-state index in [0.29, 0.717) is 0 Å². The summed E-state index contributed by atoms with van der Waals surface area (Å²) in [6.45, 7) is 0. The van der Waals surface area contributed by atoms with Crippen LogP contribution in [0.2, 0.25) is 0 Å². The molecule has 0 bridgehead atoms. The van der Waals surface area contributed by atoms with Gasteiger partial charge in [0.1, 0.15) is 5.69 Å². The summed E-state index contributed by atoms with van der Waals surface area (Å²) in [6, 6.07) is 18.3. The molecule has 0 amide bonds. The van der Waals surface area contributed by atoms with Crippen LogP contribution in [0.3, 0.4) is 0 Å². The van der Waals surface area contributed by atoms with E-state index >= 15 is 0 Å². The van der Waals surface area contributed by atoms with Crippen molar-refractivity contribution in [2.45, 2.75) is 0 Å². The van der Waals surface area contributed by atoms with Crippen molar-refractivity contribution in [1.29, 1.82) is 0 Å². The summed E-state index contributed by atoms with van der Waals surface area (Å²) in [5, 5.41) is 9.86.